The van der Waals surface area contributed by atoms with Crippen molar-refractivity contribution in [1.82, 2.24) is 0 Å². The summed E-state index contributed by atoms with van der Waals surface area (Å²) >= 11 is 1.45. The number of ether oxygens (including phenoxy) is 1. The molecule has 1 aliphatic carbocycles. The highest BCUT2D eigenvalue weighted by Gasteiger charge is 2.34. The van der Waals surface area contributed by atoms with Gasteiger partial charge >= 0.3 is 0 Å². The molecule has 0 radical (unpaired) electrons. The molecule has 3 rings (SSSR count). The van der Waals surface area contributed by atoms with Crippen LogP contribution in [0, 0.1) is 0 Å². The maximum Gasteiger partial charge on any atom is 0.267 e. The van der Waals surface area contributed by atoms with Crippen molar-refractivity contribution in [2.75, 3.05) is 17.6 Å². The van der Waals surface area contributed by atoms with E-state index in [9.17, 15) is 13.2 Å². The molecular weight excluding hydrogens is 458 g/mol. The van der Waals surface area contributed by atoms with E-state index in [1.165, 1.54) is 22.6 Å². The van der Waals surface area contributed by atoms with Crippen LogP contribution in [0.3, 0.4) is 0 Å². The lowest BCUT2D eigenvalue weighted by Crippen LogP contribution is -2.35. The summed E-state index contributed by atoms with van der Waals surface area (Å²) in [5.74, 6) is -0.0783. The van der Waals surface area contributed by atoms with Crippen molar-refractivity contribution in [3.63, 3.8) is 0 Å². The Bertz CT molecular complexity index is 1070. The van der Waals surface area contributed by atoms with Gasteiger partial charge in [-0.1, -0.05) is 44.8 Å². The molecule has 0 bridgehead atoms. The first-order valence-corrected chi connectivity index (χ1v) is 17.4. The Labute approximate surface area is 197 Å². The van der Waals surface area contributed by atoms with Crippen molar-refractivity contribution in [1.29, 1.82) is 0 Å². The Morgan fingerprint density at radius 3 is 2.50 bits per heavy atom. The number of sulfonamides is 1. The monoisotopic (exact) mass is 493 g/mol. The fraction of sp³-hybridized carbons (Fsp3) is 0.542. The molecule has 32 heavy (non-hydrogen) atoms. The predicted molar refractivity (Wildman–Crippen MR) is 135 cm³/mol. The number of aryl methyl sites for hydroxylation is 2. The van der Waals surface area contributed by atoms with Gasteiger partial charge in [0, 0.05) is 19.6 Å². The zero-order valence-electron chi connectivity index (χ0n) is 19.9. The van der Waals surface area contributed by atoms with Gasteiger partial charge in [-0.15, -0.1) is 11.3 Å². The number of thiophene rings is 1. The molecular formula is C24H35NO4S2Si. The van der Waals surface area contributed by atoms with E-state index in [-0.39, 0.29) is 17.4 Å². The second-order valence-electron chi connectivity index (χ2n) is 9.61. The Hall–Kier alpha value is -1.48. The Kier molecular flexibility index (Phi) is 8.01. The number of nitrogens with zero attached hydrogens (tertiary/aromatic N) is 1. The van der Waals surface area contributed by atoms with Crippen molar-refractivity contribution in [3.05, 3.63) is 45.8 Å². The van der Waals surface area contributed by atoms with Gasteiger partial charge in [0.25, 0.3) is 10.0 Å². The quantitative estimate of drug-likeness (QED) is 0.179. The average Bonchev–Trinajstić information content (AvgIpc) is 3.11. The van der Waals surface area contributed by atoms with E-state index in [0.717, 1.165) is 47.7 Å². The Morgan fingerprint density at radius 1 is 1.16 bits per heavy atom. The number of carbonyl (C=O) groups is 1. The first-order valence-electron chi connectivity index (χ1n) is 11.4. The van der Waals surface area contributed by atoms with Crippen LogP contribution >= 0.6 is 11.3 Å². The Morgan fingerprint density at radius 2 is 1.84 bits per heavy atom. The molecule has 8 heteroatoms. The average molecular weight is 494 g/mol. The van der Waals surface area contributed by atoms with Gasteiger partial charge in [-0.2, -0.15) is 0 Å². The van der Waals surface area contributed by atoms with Crippen LogP contribution in [0.2, 0.25) is 25.7 Å². The zero-order valence-corrected chi connectivity index (χ0v) is 22.5. The van der Waals surface area contributed by atoms with Crippen LogP contribution in [-0.4, -0.2) is 35.6 Å². The molecule has 1 aliphatic rings. The molecule has 0 fully saturated rings. The molecule has 5 nitrogen and oxygen atoms in total. The van der Waals surface area contributed by atoms with E-state index in [1.54, 1.807) is 12.1 Å². The van der Waals surface area contributed by atoms with E-state index in [1.807, 2.05) is 19.1 Å². The van der Waals surface area contributed by atoms with E-state index >= 15 is 0 Å². The first-order chi connectivity index (χ1) is 15.1. The number of anilines is 1. The van der Waals surface area contributed by atoms with Crippen LogP contribution in [0.5, 0.6) is 0 Å². The lowest BCUT2D eigenvalue weighted by atomic mass is 9.94. The summed E-state index contributed by atoms with van der Waals surface area (Å²) in [7, 11) is -5.20. The first kappa shape index (κ1) is 25.1. The smallest absolute Gasteiger partial charge is 0.267 e. The van der Waals surface area contributed by atoms with Crippen LogP contribution in [0.4, 0.5) is 5.00 Å². The number of Topliss-reactive ketones (excluding diaryl/α,β-unsaturated/α-hetero) is 1. The molecule has 1 aromatic carbocycles. The van der Waals surface area contributed by atoms with Crippen LogP contribution in [0.15, 0.2) is 29.2 Å². The number of benzene rings is 1. The molecule has 0 saturated carbocycles. The van der Waals surface area contributed by atoms with Gasteiger partial charge < -0.3 is 4.74 Å². The normalized spacial score (nSPS) is 14.3. The van der Waals surface area contributed by atoms with Gasteiger partial charge in [-0.3, -0.25) is 4.79 Å². The summed E-state index contributed by atoms with van der Waals surface area (Å²) in [6.45, 7) is 10.7. The van der Waals surface area contributed by atoms with Gasteiger partial charge in [0.2, 0.25) is 0 Å². The van der Waals surface area contributed by atoms with Gasteiger partial charge in [0.05, 0.1) is 10.5 Å². The Balaban J connectivity index is 2.08. The third-order valence-electron chi connectivity index (χ3n) is 5.86. The molecule has 0 unspecified atom stereocenters. The minimum Gasteiger partial charge on any atom is -0.360 e. The summed E-state index contributed by atoms with van der Waals surface area (Å²) in [5.41, 5.74) is 2.37. The number of ketones is 1. The van der Waals surface area contributed by atoms with E-state index < -0.39 is 18.1 Å². The zero-order chi connectivity index (χ0) is 23.5. The summed E-state index contributed by atoms with van der Waals surface area (Å²) in [6, 6.07) is 8.07. The molecule has 2 aromatic rings. The topological polar surface area (TPSA) is 63.7 Å². The van der Waals surface area contributed by atoms with Crippen LogP contribution in [0.25, 0.3) is 0 Å². The maximum atomic E-state index is 13.9. The van der Waals surface area contributed by atoms with Crippen molar-refractivity contribution < 1.29 is 17.9 Å². The molecule has 0 atom stereocenters. The molecule has 0 saturated heterocycles. The summed E-state index contributed by atoms with van der Waals surface area (Å²) in [5, 5.41) is 0.517. The minimum absolute atomic E-state index is 0.0783. The highest BCUT2D eigenvalue weighted by atomic mass is 32.2. The van der Waals surface area contributed by atoms with Gasteiger partial charge in [0.1, 0.15) is 11.7 Å². The fourth-order valence-corrected chi connectivity index (χ4v) is 8.07. The van der Waals surface area contributed by atoms with Gasteiger partial charge in [-0.25, -0.2) is 12.7 Å². The molecule has 0 amide bonds. The molecule has 1 heterocycles. The molecule has 0 aliphatic heterocycles. The molecule has 176 valence electrons. The second-order valence-corrected chi connectivity index (χ2v) is 18.1. The SMILES string of the molecule is CCc1ccccc1S(=O)(=O)N(COCC[Si](C)(C)C)c1sc2c(c1C(C)=O)CCCC2. The van der Waals surface area contributed by atoms with E-state index in [2.05, 4.69) is 19.6 Å². The lowest BCUT2D eigenvalue weighted by Gasteiger charge is -2.26. The molecule has 0 spiro atoms. The number of fused-ring (bicyclic) bond motifs is 1. The van der Waals surface area contributed by atoms with E-state index in [4.69, 9.17) is 4.74 Å². The number of hydrogen-bond donors (Lipinski definition) is 0. The standard InChI is InChI=1S/C24H35NO4S2Si/c1-6-19-11-7-10-14-22(19)31(27,28)25(17-29-15-16-32(3,4)5)24-23(18(2)26)20-12-8-9-13-21(20)30-24/h7,10-11,14H,6,8-9,12-13,15-17H2,1-5H3. The number of hydrogen-bond acceptors (Lipinski definition) is 5. The van der Waals surface area contributed by atoms with Crippen molar-refractivity contribution in [2.45, 2.75) is 76.5 Å². The summed E-state index contributed by atoms with van der Waals surface area (Å²) < 4.78 is 35.2. The predicted octanol–water partition coefficient (Wildman–Crippen LogP) is 5.90. The van der Waals surface area contributed by atoms with Gasteiger partial charge in [0.15, 0.2) is 5.78 Å². The van der Waals surface area contributed by atoms with Gasteiger partial charge in [-0.05, 0) is 62.3 Å². The highest BCUT2D eigenvalue weighted by Crippen LogP contribution is 2.42. The van der Waals surface area contributed by atoms with Crippen molar-refractivity contribution >= 4 is 40.2 Å². The fourth-order valence-electron chi connectivity index (χ4n) is 4.02. The summed E-state index contributed by atoms with van der Waals surface area (Å²) in [4.78, 5) is 14.1. The van der Waals surface area contributed by atoms with Crippen molar-refractivity contribution in [3.8, 4) is 0 Å². The minimum atomic E-state index is -3.89. The van der Waals surface area contributed by atoms with Crippen LogP contribution < -0.4 is 4.31 Å². The summed E-state index contributed by atoms with van der Waals surface area (Å²) in [6.07, 6.45) is 4.44. The number of carbonyl (C=O) groups excluding carboxylic acids is 1. The van der Waals surface area contributed by atoms with E-state index in [0.29, 0.717) is 23.6 Å². The second kappa shape index (κ2) is 10.2. The lowest BCUT2D eigenvalue weighted by molar-refractivity contribution is 0.101. The maximum absolute atomic E-state index is 13.9. The van der Waals surface area contributed by atoms with Crippen LogP contribution in [0.1, 0.15) is 53.1 Å². The molecule has 1 aromatic heterocycles. The third-order valence-corrected chi connectivity index (χ3v) is 10.8. The highest BCUT2D eigenvalue weighted by molar-refractivity contribution is 7.93. The van der Waals surface area contributed by atoms with Crippen LogP contribution in [-0.2, 0) is 34.0 Å². The number of rotatable bonds is 10. The third kappa shape index (κ3) is 5.52. The van der Waals surface area contributed by atoms with Crippen molar-refractivity contribution in [2.24, 2.45) is 0 Å². The largest absolute Gasteiger partial charge is 0.360 e. The molecule has 0 N–H and O–H groups in total.